The molecule has 0 bridgehead atoms. The second-order valence-corrected chi connectivity index (χ2v) is 3.01. The summed E-state index contributed by atoms with van der Waals surface area (Å²) in [6, 6.07) is 7.20. The van der Waals surface area contributed by atoms with E-state index in [-0.39, 0.29) is 0 Å². The first-order valence-corrected chi connectivity index (χ1v) is 4.34. The van der Waals surface area contributed by atoms with Gasteiger partial charge >= 0.3 is 0 Å². The maximum absolute atomic E-state index is 11.1. The molecule has 0 aliphatic heterocycles. The molecule has 1 rings (SSSR count). The molecule has 0 heterocycles. The summed E-state index contributed by atoms with van der Waals surface area (Å²) < 4.78 is 0. The lowest BCUT2D eigenvalue weighted by atomic mass is 10.2. The summed E-state index contributed by atoms with van der Waals surface area (Å²) in [4.78, 5) is 21.2. The van der Waals surface area contributed by atoms with Crippen LogP contribution in [0.4, 0.5) is 5.69 Å². The molecule has 0 radical (unpaired) electrons. The fourth-order valence-corrected chi connectivity index (χ4v) is 1.05. The first-order chi connectivity index (χ1) is 7.08. The molecule has 0 spiro atoms. The summed E-state index contributed by atoms with van der Waals surface area (Å²) in [6.45, 7) is 1.90. The summed E-state index contributed by atoms with van der Waals surface area (Å²) in [5, 5.41) is 12.6. The zero-order valence-corrected chi connectivity index (χ0v) is 8.19. The number of amides is 1. The summed E-state index contributed by atoms with van der Waals surface area (Å²) in [5.74, 6) is -1.89. The Balaban J connectivity index is 2.63. The minimum Gasteiger partial charge on any atom is -0.545 e. The van der Waals surface area contributed by atoms with Crippen LogP contribution in [0, 0.1) is 6.92 Å². The fourth-order valence-electron chi connectivity index (χ4n) is 1.05. The molecule has 0 fully saturated rings. The number of carboxylic acid groups (broad SMARTS) is 1. The number of carbonyl (C=O) groups is 2. The standard InChI is InChI=1S/C11H11NO3/c1-8-3-2-4-9(7-8)12-10(13)5-6-11(14)15/h2-7H,1H3,(H,12,13)(H,14,15)/p-1. The predicted molar refractivity (Wildman–Crippen MR) is 54.0 cm³/mol. The van der Waals surface area contributed by atoms with Crippen LogP contribution in [0.5, 0.6) is 0 Å². The summed E-state index contributed by atoms with van der Waals surface area (Å²) >= 11 is 0. The highest BCUT2D eigenvalue weighted by Crippen LogP contribution is 2.09. The Morgan fingerprint density at radius 2 is 2.07 bits per heavy atom. The predicted octanol–water partition coefficient (Wildman–Crippen LogP) is 0.240. The minimum absolute atomic E-state index is 0.496. The van der Waals surface area contributed by atoms with E-state index in [1.165, 1.54) is 0 Å². The highest BCUT2D eigenvalue weighted by Gasteiger charge is 1.96. The Bertz CT molecular complexity index is 410. The normalized spacial score (nSPS) is 10.2. The van der Waals surface area contributed by atoms with Gasteiger partial charge in [-0.3, -0.25) is 4.79 Å². The van der Waals surface area contributed by atoms with Crippen molar-refractivity contribution in [1.29, 1.82) is 0 Å². The van der Waals surface area contributed by atoms with Gasteiger partial charge in [-0.25, -0.2) is 0 Å². The average molecular weight is 204 g/mol. The molecule has 0 unspecified atom stereocenters. The number of aliphatic carboxylic acids is 1. The van der Waals surface area contributed by atoms with Crippen LogP contribution >= 0.6 is 0 Å². The highest BCUT2D eigenvalue weighted by atomic mass is 16.4. The van der Waals surface area contributed by atoms with Crippen LogP contribution in [-0.4, -0.2) is 11.9 Å². The van der Waals surface area contributed by atoms with Crippen LogP contribution in [0.25, 0.3) is 0 Å². The number of hydrogen-bond donors (Lipinski definition) is 1. The lowest BCUT2D eigenvalue weighted by Gasteiger charge is -2.02. The van der Waals surface area contributed by atoms with Crippen molar-refractivity contribution in [1.82, 2.24) is 0 Å². The van der Waals surface area contributed by atoms with Crippen LogP contribution in [0.15, 0.2) is 36.4 Å². The molecule has 1 aromatic rings. The molecule has 0 aliphatic rings. The number of hydrogen-bond acceptors (Lipinski definition) is 3. The summed E-state index contributed by atoms with van der Waals surface area (Å²) in [6.07, 6.45) is 1.60. The van der Waals surface area contributed by atoms with Crippen LogP contribution in [0.2, 0.25) is 0 Å². The van der Waals surface area contributed by atoms with Crippen molar-refractivity contribution in [3.8, 4) is 0 Å². The van der Waals surface area contributed by atoms with E-state index >= 15 is 0 Å². The Hall–Kier alpha value is -2.10. The number of benzene rings is 1. The van der Waals surface area contributed by atoms with Crippen LogP contribution in [-0.2, 0) is 9.59 Å². The van der Waals surface area contributed by atoms with Gasteiger partial charge in [0, 0.05) is 11.8 Å². The molecule has 1 aromatic carbocycles. The zero-order valence-electron chi connectivity index (χ0n) is 8.19. The van der Waals surface area contributed by atoms with Gasteiger partial charge in [-0.05, 0) is 30.7 Å². The van der Waals surface area contributed by atoms with Crippen LogP contribution in [0.1, 0.15) is 5.56 Å². The molecule has 0 saturated heterocycles. The van der Waals surface area contributed by atoms with E-state index in [1.807, 2.05) is 13.0 Å². The Morgan fingerprint density at radius 3 is 2.67 bits per heavy atom. The van der Waals surface area contributed by atoms with Gasteiger partial charge < -0.3 is 15.2 Å². The second-order valence-electron chi connectivity index (χ2n) is 3.01. The SMILES string of the molecule is Cc1cccc(NC(=O)C=CC(=O)[O-])c1. The first-order valence-electron chi connectivity index (χ1n) is 4.34. The van der Waals surface area contributed by atoms with Gasteiger partial charge in [-0.15, -0.1) is 0 Å². The maximum atomic E-state index is 11.1. The van der Waals surface area contributed by atoms with Crippen molar-refractivity contribution < 1.29 is 14.7 Å². The molecule has 0 aliphatic carbocycles. The third kappa shape index (κ3) is 4.08. The van der Waals surface area contributed by atoms with E-state index in [0.717, 1.165) is 11.6 Å². The third-order valence-electron chi connectivity index (χ3n) is 1.66. The molecule has 4 heteroatoms. The van der Waals surface area contributed by atoms with Gasteiger partial charge in [-0.1, -0.05) is 12.1 Å². The molecule has 0 aromatic heterocycles. The van der Waals surface area contributed by atoms with E-state index in [2.05, 4.69) is 5.32 Å². The average Bonchev–Trinajstić information content (AvgIpc) is 2.15. The lowest BCUT2D eigenvalue weighted by Crippen LogP contribution is -2.20. The van der Waals surface area contributed by atoms with E-state index in [9.17, 15) is 14.7 Å². The maximum Gasteiger partial charge on any atom is 0.248 e. The van der Waals surface area contributed by atoms with Crippen molar-refractivity contribution in [3.63, 3.8) is 0 Å². The molecule has 15 heavy (non-hydrogen) atoms. The van der Waals surface area contributed by atoms with Gasteiger partial charge in [0.2, 0.25) is 5.91 Å². The highest BCUT2D eigenvalue weighted by molar-refractivity contribution is 6.02. The summed E-state index contributed by atoms with van der Waals surface area (Å²) in [5.41, 5.74) is 1.64. The quantitative estimate of drug-likeness (QED) is 0.717. The van der Waals surface area contributed by atoms with Gasteiger partial charge in [0.15, 0.2) is 0 Å². The number of carboxylic acids is 1. The first kappa shape index (κ1) is 11.0. The van der Waals surface area contributed by atoms with E-state index in [1.54, 1.807) is 18.2 Å². The fraction of sp³-hybridized carbons (Fsp3) is 0.0909. The lowest BCUT2D eigenvalue weighted by molar-refractivity contribution is -0.297. The summed E-state index contributed by atoms with van der Waals surface area (Å²) in [7, 11) is 0. The Labute approximate surface area is 87.2 Å². The van der Waals surface area contributed by atoms with E-state index < -0.39 is 11.9 Å². The Kier molecular flexibility index (Phi) is 3.62. The number of carbonyl (C=O) groups excluding carboxylic acids is 2. The van der Waals surface area contributed by atoms with E-state index in [4.69, 9.17) is 0 Å². The molecular weight excluding hydrogens is 194 g/mol. The van der Waals surface area contributed by atoms with Gasteiger partial charge in [-0.2, -0.15) is 0 Å². The van der Waals surface area contributed by atoms with Crippen LogP contribution < -0.4 is 10.4 Å². The minimum atomic E-state index is -1.39. The van der Waals surface area contributed by atoms with E-state index in [0.29, 0.717) is 11.8 Å². The van der Waals surface area contributed by atoms with Crippen molar-refractivity contribution in [2.45, 2.75) is 6.92 Å². The molecule has 1 N–H and O–H groups in total. The number of rotatable bonds is 3. The number of aryl methyl sites for hydroxylation is 1. The largest absolute Gasteiger partial charge is 0.545 e. The van der Waals surface area contributed by atoms with Crippen LogP contribution in [0.3, 0.4) is 0 Å². The molecule has 0 atom stereocenters. The molecule has 0 saturated carbocycles. The molecule has 1 amide bonds. The second kappa shape index (κ2) is 4.95. The Morgan fingerprint density at radius 1 is 1.33 bits per heavy atom. The van der Waals surface area contributed by atoms with Gasteiger partial charge in [0.25, 0.3) is 0 Å². The smallest absolute Gasteiger partial charge is 0.248 e. The van der Waals surface area contributed by atoms with Crippen molar-refractivity contribution in [2.75, 3.05) is 5.32 Å². The third-order valence-corrected chi connectivity index (χ3v) is 1.66. The molecule has 4 nitrogen and oxygen atoms in total. The topological polar surface area (TPSA) is 69.2 Å². The zero-order chi connectivity index (χ0) is 11.3. The monoisotopic (exact) mass is 204 g/mol. The molecule has 78 valence electrons. The number of anilines is 1. The van der Waals surface area contributed by atoms with Crippen molar-refractivity contribution in [3.05, 3.63) is 42.0 Å². The van der Waals surface area contributed by atoms with Gasteiger partial charge in [0.05, 0.1) is 5.97 Å². The van der Waals surface area contributed by atoms with Gasteiger partial charge in [0.1, 0.15) is 0 Å². The van der Waals surface area contributed by atoms with Crippen molar-refractivity contribution >= 4 is 17.6 Å². The number of nitrogens with one attached hydrogen (secondary N) is 1. The molecular formula is C11H10NO3-. The van der Waals surface area contributed by atoms with Crippen molar-refractivity contribution in [2.24, 2.45) is 0 Å².